The average molecular weight is 361 g/mol. The third kappa shape index (κ3) is 3.68. The fourth-order valence-corrected chi connectivity index (χ4v) is 2.73. The number of hydrogen-bond donors (Lipinski definition) is 0. The predicted octanol–water partition coefficient (Wildman–Crippen LogP) is 2.61. The van der Waals surface area contributed by atoms with Gasteiger partial charge in [0.2, 0.25) is 0 Å². The summed E-state index contributed by atoms with van der Waals surface area (Å²) in [7, 11) is 1.54. The van der Waals surface area contributed by atoms with Gasteiger partial charge in [0.1, 0.15) is 0 Å². The summed E-state index contributed by atoms with van der Waals surface area (Å²) >= 11 is 0. The minimum atomic E-state index is -0.761. The number of nitrogens with zero attached hydrogens (tertiary/aromatic N) is 5. The monoisotopic (exact) mass is 361 g/mol. The molecule has 1 aromatic carbocycles. The van der Waals surface area contributed by atoms with Crippen molar-refractivity contribution in [3.05, 3.63) is 60.9 Å². The number of rotatable bonds is 6. The van der Waals surface area contributed by atoms with Gasteiger partial charge in [0.15, 0.2) is 0 Å². The van der Waals surface area contributed by atoms with Gasteiger partial charge in [-0.1, -0.05) is 0 Å². The Morgan fingerprint density at radius 3 is 2.12 bits per heavy atom. The van der Waals surface area contributed by atoms with E-state index in [0.29, 0.717) is 6.54 Å². The topological polar surface area (TPSA) is 124 Å². The lowest BCUT2D eigenvalue weighted by atomic mass is 10.1. The molecule has 0 bridgehead atoms. The van der Waals surface area contributed by atoms with Crippen molar-refractivity contribution < 1.29 is 14.6 Å². The molecule has 0 aliphatic rings. The van der Waals surface area contributed by atoms with Crippen molar-refractivity contribution in [3.8, 4) is 0 Å². The molecule has 0 unspecified atom stereocenters. The van der Waals surface area contributed by atoms with Gasteiger partial charge >= 0.3 is 0 Å². The molecule has 0 atom stereocenters. The number of aryl methyl sites for hydroxylation is 2. The van der Waals surface area contributed by atoms with Gasteiger partial charge in [-0.05, 0) is 20.8 Å². The first-order valence-electron chi connectivity index (χ1n) is 7.87. The zero-order chi connectivity index (χ0) is 19.6. The standard InChI is InChI=1S/C16H19N5O5/c1-5-19-11(3)15(10(2)17-19)9-18(4)16(22)12-6-13(20(23)24)8-14(7-12)21(25)26/h6-8H,5,9H2,1-4H3. The maximum absolute atomic E-state index is 12.7. The molecule has 1 heterocycles. The van der Waals surface area contributed by atoms with Crippen molar-refractivity contribution in [2.45, 2.75) is 33.9 Å². The van der Waals surface area contributed by atoms with E-state index in [1.54, 1.807) is 0 Å². The molecule has 10 nitrogen and oxygen atoms in total. The lowest BCUT2D eigenvalue weighted by Crippen LogP contribution is -2.27. The summed E-state index contributed by atoms with van der Waals surface area (Å²) in [5.41, 5.74) is 1.49. The minimum absolute atomic E-state index is 0.105. The number of carbonyl (C=O) groups excluding carboxylic acids is 1. The number of hydrogen-bond acceptors (Lipinski definition) is 6. The number of benzene rings is 1. The van der Waals surface area contributed by atoms with E-state index >= 15 is 0 Å². The molecular weight excluding hydrogens is 342 g/mol. The number of aromatic nitrogens is 2. The third-order valence-electron chi connectivity index (χ3n) is 4.14. The highest BCUT2D eigenvalue weighted by molar-refractivity contribution is 5.95. The SMILES string of the molecule is CCn1nc(C)c(CN(C)C(=O)c2cc([N+](=O)[O-])cc([N+](=O)[O-])c2)c1C. The van der Waals surface area contributed by atoms with Gasteiger partial charge in [-0.25, -0.2) is 0 Å². The Bertz CT molecular complexity index is 857. The van der Waals surface area contributed by atoms with Gasteiger partial charge in [-0.2, -0.15) is 5.10 Å². The van der Waals surface area contributed by atoms with E-state index < -0.39 is 27.1 Å². The first kappa shape index (κ1) is 19.0. The van der Waals surface area contributed by atoms with Gasteiger partial charge in [-0.15, -0.1) is 0 Å². The summed E-state index contributed by atoms with van der Waals surface area (Å²) in [6, 6.07) is 2.92. The average Bonchev–Trinajstić information content (AvgIpc) is 2.87. The molecule has 0 saturated heterocycles. The van der Waals surface area contributed by atoms with Crippen LogP contribution in [0.15, 0.2) is 18.2 Å². The van der Waals surface area contributed by atoms with Crippen LogP contribution >= 0.6 is 0 Å². The fourth-order valence-electron chi connectivity index (χ4n) is 2.73. The molecule has 138 valence electrons. The van der Waals surface area contributed by atoms with Gasteiger partial charge in [0.25, 0.3) is 17.3 Å². The number of amides is 1. The van der Waals surface area contributed by atoms with Crippen molar-refractivity contribution in [2.24, 2.45) is 0 Å². The Hall–Kier alpha value is -3.30. The van der Waals surface area contributed by atoms with Crippen LogP contribution in [0.4, 0.5) is 11.4 Å². The van der Waals surface area contributed by atoms with Crippen LogP contribution in [0.1, 0.15) is 34.2 Å². The molecule has 2 rings (SSSR count). The molecule has 1 amide bonds. The van der Waals surface area contributed by atoms with E-state index in [0.717, 1.165) is 35.2 Å². The Morgan fingerprint density at radius 1 is 1.15 bits per heavy atom. The van der Waals surface area contributed by atoms with Crippen LogP contribution in [-0.2, 0) is 13.1 Å². The number of nitro groups is 2. The van der Waals surface area contributed by atoms with E-state index in [1.165, 1.54) is 11.9 Å². The highest BCUT2D eigenvalue weighted by Crippen LogP contribution is 2.24. The van der Waals surface area contributed by atoms with Crippen molar-refractivity contribution in [3.63, 3.8) is 0 Å². The summed E-state index contributed by atoms with van der Waals surface area (Å²) in [4.78, 5) is 34.5. The Balaban J connectivity index is 2.35. The first-order valence-corrected chi connectivity index (χ1v) is 7.87. The van der Waals surface area contributed by atoms with E-state index in [1.807, 2.05) is 25.5 Å². The van der Waals surface area contributed by atoms with Crippen LogP contribution < -0.4 is 0 Å². The Kier molecular flexibility index (Phi) is 5.34. The predicted molar refractivity (Wildman–Crippen MR) is 92.9 cm³/mol. The second-order valence-electron chi connectivity index (χ2n) is 5.88. The van der Waals surface area contributed by atoms with Crippen molar-refractivity contribution in [1.82, 2.24) is 14.7 Å². The molecule has 0 radical (unpaired) electrons. The fraction of sp³-hybridized carbons (Fsp3) is 0.375. The van der Waals surface area contributed by atoms with Crippen LogP contribution in [0, 0.1) is 34.1 Å². The molecule has 0 N–H and O–H groups in total. The second-order valence-corrected chi connectivity index (χ2v) is 5.88. The van der Waals surface area contributed by atoms with Crippen LogP contribution in [-0.4, -0.2) is 37.5 Å². The second kappa shape index (κ2) is 7.30. The van der Waals surface area contributed by atoms with Crippen LogP contribution in [0.25, 0.3) is 0 Å². The van der Waals surface area contributed by atoms with Crippen molar-refractivity contribution >= 4 is 17.3 Å². The molecule has 0 aliphatic carbocycles. The largest absolute Gasteiger partial charge is 0.337 e. The molecule has 0 aliphatic heterocycles. The first-order chi connectivity index (χ1) is 12.1. The molecular formula is C16H19N5O5. The van der Waals surface area contributed by atoms with Crippen LogP contribution in [0.2, 0.25) is 0 Å². The van der Waals surface area contributed by atoms with Gasteiger partial charge in [0.05, 0.1) is 27.2 Å². The van der Waals surface area contributed by atoms with Crippen LogP contribution in [0.3, 0.4) is 0 Å². The minimum Gasteiger partial charge on any atom is -0.337 e. The van der Waals surface area contributed by atoms with Gasteiger partial charge in [-0.3, -0.25) is 29.7 Å². The molecule has 2 aromatic rings. The van der Waals surface area contributed by atoms with E-state index in [2.05, 4.69) is 5.10 Å². The molecule has 0 saturated carbocycles. The smallest absolute Gasteiger partial charge is 0.277 e. The van der Waals surface area contributed by atoms with Crippen LogP contribution in [0.5, 0.6) is 0 Å². The Morgan fingerprint density at radius 2 is 1.69 bits per heavy atom. The zero-order valence-corrected chi connectivity index (χ0v) is 14.9. The van der Waals surface area contributed by atoms with Gasteiger partial charge < -0.3 is 4.90 Å². The zero-order valence-electron chi connectivity index (χ0n) is 14.9. The lowest BCUT2D eigenvalue weighted by molar-refractivity contribution is -0.394. The third-order valence-corrected chi connectivity index (χ3v) is 4.14. The molecule has 0 fully saturated rings. The summed E-state index contributed by atoms with van der Waals surface area (Å²) in [5, 5.41) is 26.4. The summed E-state index contributed by atoms with van der Waals surface area (Å²) < 4.78 is 1.82. The van der Waals surface area contributed by atoms with E-state index in [9.17, 15) is 25.0 Å². The maximum atomic E-state index is 12.7. The highest BCUT2D eigenvalue weighted by Gasteiger charge is 2.23. The molecule has 0 spiro atoms. The normalized spacial score (nSPS) is 10.6. The van der Waals surface area contributed by atoms with E-state index in [4.69, 9.17) is 0 Å². The molecule has 1 aromatic heterocycles. The Labute approximate surface area is 149 Å². The summed E-state index contributed by atoms with van der Waals surface area (Å²) in [6.07, 6.45) is 0. The number of nitro benzene ring substituents is 2. The maximum Gasteiger partial charge on any atom is 0.277 e. The van der Waals surface area contributed by atoms with Gasteiger partial charge in [0, 0.05) is 43.5 Å². The lowest BCUT2D eigenvalue weighted by Gasteiger charge is -2.17. The number of carbonyl (C=O) groups is 1. The van der Waals surface area contributed by atoms with Crippen molar-refractivity contribution in [1.29, 1.82) is 0 Å². The highest BCUT2D eigenvalue weighted by atomic mass is 16.6. The molecule has 26 heavy (non-hydrogen) atoms. The summed E-state index contributed by atoms with van der Waals surface area (Å²) in [6.45, 7) is 6.63. The molecule has 10 heteroatoms. The van der Waals surface area contributed by atoms with Crippen molar-refractivity contribution in [2.75, 3.05) is 7.05 Å². The summed E-state index contributed by atoms with van der Waals surface area (Å²) in [5.74, 6) is -0.542. The van der Waals surface area contributed by atoms with E-state index in [-0.39, 0.29) is 12.1 Å². The number of non-ortho nitro benzene ring substituents is 2. The quantitative estimate of drug-likeness (QED) is 0.575.